The summed E-state index contributed by atoms with van der Waals surface area (Å²) in [5.74, 6) is 7.05. The predicted octanol–water partition coefficient (Wildman–Crippen LogP) is 2.19. The maximum Gasteiger partial charge on any atom is 0.229 e. The molecule has 20 heavy (non-hydrogen) atoms. The van der Waals surface area contributed by atoms with Crippen LogP contribution in [0.25, 0.3) is 5.65 Å². The van der Waals surface area contributed by atoms with Crippen LogP contribution in [0.1, 0.15) is 11.4 Å². The van der Waals surface area contributed by atoms with Crippen LogP contribution in [0.15, 0.2) is 36.4 Å². The van der Waals surface area contributed by atoms with Crippen molar-refractivity contribution in [3.63, 3.8) is 0 Å². The molecule has 5 nitrogen and oxygen atoms in total. The van der Waals surface area contributed by atoms with Gasteiger partial charge in [-0.15, -0.1) is 10.2 Å². The first kappa shape index (κ1) is 12.5. The molecule has 0 saturated carbocycles. The molecule has 0 spiro atoms. The predicted molar refractivity (Wildman–Crippen MR) is 74.8 cm³/mol. The summed E-state index contributed by atoms with van der Waals surface area (Å²) in [6, 6.07) is 10.9. The molecule has 0 aliphatic carbocycles. The van der Waals surface area contributed by atoms with Crippen LogP contribution in [0, 0.1) is 11.8 Å². The Hall–Kier alpha value is -2.58. The number of hydrogen-bond acceptors (Lipinski definition) is 4. The maximum absolute atomic E-state index is 5.86. The summed E-state index contributed by atoms with van der Waals surface area (Å²) < 4.78 is 6.74. The van der Waals surface area contributed by atoms with Crippen molar-refractivity contribution in [3.8, 4) is 17.6 Å². The van der Waals surface area contributed by atoms with E-state index < -0.39 is 0 Å². The highest BCUT2D eigenvalue weighted by Crippen LogP contribution is 2.15. The Morgan fingerprint density at radius 2 is 1.95 bits per heavy atom. The molecule has 6 heteroatoms. The third-order valence-electron chi connectivity index (χ3n) is 2.65. The van der Waals surface area contributed by atoms with Gasteiger partial charge in [-0.2, -0.15) is 9.61 Å². The van der Waals surface area contributed by atoms with E-state index in [2.05, 4.69) is 27.1 Å². The molecule has 2 aromatic heterocycles. The molecule has 0 amide bonds. The first-order valence-corrected chi connectivity index (χ1v) is 6.19. The van der Waals surface area contributed by atoms with Crippen LogP contribution in [0.4, 0.5) is 0 Å². The summed E-state index contributed by atoms with van der Waals surface area (Å²) in [5.41, 5.74) is 1.37. The summed E-state index contributed by atoms with van der Waals surface area (Å²) >= 11 is 5.86. The number of para-hydroxylation sites is 1. The number of methoxy groups -OCH3 is 1. The zero-order chi connectivity index (χ0) is 13.9. The molecule has 0 N–H and O–H groups in total. The molecule has 0 aliphatic rings. The average molecular weight is 285 g/mol. The third-order valence-corrected chi connectivity index (χ3v) is 2.85. The number of nitrogens with zero attached hydrogens (tertiary/aromatic N) is 4. The number of halogens is 1. The number of ether oxygens (including phenoxy) is 1. The number of benzene rings is 1. The fourth-order valence-corrected chi connectivity index (χ4v) is 1.85. The van der Waals surface area contributed by atoms with Crippen molar-refractivity contribution in [2.24, 2.45) is 0 Å². The van der Waals surface area contributed by atoms with Gasteiger partial charge in [-0.1, -0.05) is 29.7 Å². The van der Waals surface area contributed by atoms with Crippen LogP contribution < -0.4 is 4.74 Å². The fraction of sp³-hybridized carbons (Fsp3) is 0.0714. The van der Waals surface area contributed by atoms with Gasteiger partial charge >= 0.3 is 0 Å². The smallest absolute Gasteiger partial charge is 0.229 e. The van der Waals surface area contributed by atoms with E-state index in [1.807, 2.05) is 24.3 Å². The van der Waals surface area contributed by atoms with Crippen molar-refractivity contribution in [1.82, 2.24) is 19.8 Å². The van der Waals surface area contributed by atoms with E-state index >= 15 is 0 Å². The fourth-order valence-electron chi connectivity index (χ4n) is 1.72. The lowest BCUT2D eigenvalue weighted by molar-refractivity contribution is 0.413. The van der Waals surface area contributed by atoms with Crippen molar-refractivity contribution in [3.05, 3.63) is 52.9 Å². The second-order valence-electron chi connectivity index (χ2n) is 3.90. The Balaban J connectivity index is 2.06. The van der Waals surface area contributed by atoms with E-state index in [0.717, 1.165) is 5.56 Å². The Morgan fingerprint density at radius 1 is 1.10 bits per heavy atom. The first-order valence-electron chi connectivity index (χ1n) is 5.81. The van der Waals surface area contributed by atoms with Gasteiger partial charge in [0.25, 0.3) is 0 Å². The van der Waals surface area contributed by atoms with Crippen molar-refractivity contribution >= 4 is 17.2 Å². The monoisotopic (exact) mass is 284 g/mol. The van der Waals surface area contributed by atoms with E-state index in [4.69, 9.17) is 16.3 Å². The summed E-state index contributed by atoms with van der Waals surface area (Å²) in [5, 5.41) is 12.4. The molecule has 0 unspecified atom stereocenters. The number of fused-ring (bicyclic) bond motifs is 1. The topological polar surface area (TPSA) is 52.3 Å². The molecule has 0 bridgehead atoms. The maximum atomic E-state index is 5.86. The summed E-state index contributed by atoms with van der Waals surface area (Å²) in [7, 11) is 1.61. The minimum absolute atomic E-state index is 0.359. The second kappa shape index (κ2) is 5.19. The molecular weight excluding hydrogens is 276 g/mol. The van der Waals surface area contributed by atoms with Crippen molar-refractivity contribution in [2.75, 3.05) is 7.11 Å². The lowest BCUT2D eigenvalue weighted by Crippen LogP contribution is -1.95. The molecule has 0 saturated heterocycles. The van der Waals surface area contributed by atoms with Gasteiger partial charge in [0.2, 0.25) is 5.82 Å². The molecule has 0 fully saturated rings. The zero-order valence-corrected chi connectivity index (χ0v) is 11.3. The number of aromatic nitrogens is 4. The van der Waals surface area contributed by atoms with Gasteiger partial charge in [0, 0.05) is 0 Å². The average Bonchev–Trinajstić information content (AvgIpc) is 2.87. The highest BCUT2D eigenvalue weighted by Gasteiger charge is 2.04. The summed E-state index contributed by atoms with van der Waals surface area (Å²) in [6.45, 7) is 0. The van der Waals surface area contributed by atoms with Gasteiger partial charge in [-0.3, -0.25) is 0 Å². The largest absolute Gasteiger partial charge is 0.495 e. The quantitative estimate of drug-likeness (QED) is 0.643. The van der Waals surface area contributed by atoms with Crippen molar-refractivity contribution < 1.29 is 4.74 Å². The van der Waals surface area contributed by atoms with Crippen LogP contribution in [-0.4, -0.2) is 26.9 Å². The van der Waals surface area contributed by atoms with Gasteiger partial charge in [0.15, 0.2) is 5.65 Å². The number of rotatable bonds is 1. The van der Waals surface area contributed by atoms with Crippen molar-refractivity contribution in [1.29, 1.82) is 0 Å². The molecule has 0 atom stereocenters. The Kier molecular flexibility index (Phi) is 3.23. The normalized spacial score (nSPS) is 10.1. The Morgan fingerprint density at radius 3 is 2.80 bits per heavy atom. The molecule has 2 heterocycles. The van der Waals surface area contributed by atoms with Gasteiger partial charge in [-0.05, 0) is 30.2 Å². The van der Waals surface area contributed by atoms with E-state index in [0.29, 0.717) is 22.4 Å². The van der Waals surface area contributed by atoms with Gasteiger partial charge < -0.3 is 4.74 Å². The molecule has 3 aromatic rings. The second-order valence-corrected chi connectivity index (χ2v) is 4.29. The van der Waals surface area contributed by atoms with Crippen LogP contribution in [0.2, 0.25) is 5.15 Å². The van der Waals surface area contributed by atoms with Crippen LogP contribution in [-0.2, 0) is 0 Å². The lowest BCUT2D eigenvalue weighted by Gasteiger charge is -2.00. The minimum Gasteiger partial charge on any atom is -0.495 e. The SMILES string of the molecule is COc1ccccc1C#Cc1nnc2ccc(Cl)nn12. The first-order chi connectivity index (χ1) is 9.78. The van der Waals surface area contributed by atoms with E-state index in [9.17, 15) is 0 Å². The minimum atomic E-state index is 0.359. The molecular formula is C14H9ClN4O. The van der Waals surface area contributed by atoms with Gasteiger partial charge in [-0.25, -0.2) is 0 Å². The van der Waals surface area contributed by atoms with E-state index in [-0.39, 0.29) is 0 Å². The lowest BCUT2D eigenvalue weighted by atomic mass is 10.2. The van der Waals surface area contributed by atoms with E-state index in [1.54, 1.807) is 19.2 Å². The Bertz CT molecular complexity index is 832. The standard InChI is InChI=1S/C14H9ClN4O/c1-20-11-5-3-2-4-10(11)6-8-13-16-17-14-9-7-12(15)18-19(13)14/h2-5,7,9H,1H3. The molecule has 3 rings (SSSR count). The van der Waals surface area contributed by atoms with Gasteiger partial charge in [0.1, 0.15) is 10.9 Å². The van der Waals surface area contributed by atoms with E-state index in [1.165, 1.54) is 4.52 Å². The van der Waals surface area contributed by atoms with Crippen LogP contribution in [0.3, 0.4) is 0 Å². The zero-order valence-electron chi connectivity index (χ0n) is 10.5. The summed E-state index contributed by atoms with van der Waals surface area (Å²) in [4.78, 5) is 0. The van der Waals surface area contributed by atoms with Crippen LogP contribution >= 0.6 is 11.6 Å². The van der Waals surface area contributed by atoms with Crippen molar-refractivity contribution in [2.45, 2.75) is 0 Å². The molecule has 1 aromatic carbocycles. The molecule has 98 valence electrons. The molecule has 0 radical (unpaired) electrons. The van der Waals surface area contributed by atoms with Gasteiger partial charge in [0.05, 0.1) is 12.7 Å². The highest BCUT2D eigenvalue weighted by molar-refractivity contribution is 6.29. The third kappa shape index (κ3) is 2.29. The molecule has 0 aliphatic heterocycles. The van der Waals surface area contributed by atoms with Crippen LogP contribution in [0.5, 0.6) is 5.75 Å². The summed E-state index contributed by atoms with van der Waals surface area (Å²) in [6.07, 6.45) is 0. The highest BCUT2D eigenvalue weighted by atomic mass is 35.5. The number of hydrogen-bond donors (Lipinski definition) is 0. The Labute approximate surface area is 120 Å².